The van der Waals surface area contributed by atoms with Gasteiger partial charge >= 0.3 is 5.97 Å². The van der Waals surface area contributed by atoms with Crippen LogP contribution in [0.1, 0.15) is 30.1 Å². The summed E-state index contributed by atoms with van der Waals surface area (Å²) in [4.78, 5) is 24.0. The van der Waals surface area contributed by atoms with Crippen molar-refractivity contribution >= 4 is 23.3 Å². The quantitative estimate of drug-likeness (QED) is 0.718. The number of carboxylic acid groups (broad SMARTS) is 1. The minimum Gasteiger partial charge on any atom is -0.478 e. The van der Waals surface area contributed by atoms with Crippen LogP contribution in [0, 0.1) is 0 Å². The molecule has 0 spiro atoms. The second kappa shape index (κ2) is 5.81. The number of piperidine rings is 1. The largest absolute Gasteiger partial charge is 0.478 e. The van der Waals surface area contributed by atoms with Crippen LogP contribution in [0.2, 0.25) is 0 Å². The van der Waals surface area contributed by atoms with E-state index in [1.807, 2.05) is 0 Å². The van der Waals surface area contributed by atoms with E-state index in [0.717, 1.165) is 31.6 Å². The van der Waals surface area contributed by atoms with E-state index < -0.39 is 5.97 Å². The maximum Gasteiger partial charge on any atom is 0.335 e. The zero-order valence-electron chi connectivity index (χ0n) is 11.4. The van der Waals surface area contributed by atoms with Crippen LogP contribution in [0.25, 0.3) is 0 Å². The van der Waals surface area contributed by atoms with Crippen molar-refractivity contribution in [3.05, 3.63) is 23.8 Å². The lowest BCUT2D eigenvalue weighted by molar-refractivity contribution is -0.119. The summed E-state index contributed by atoms with van der Waals surface area (Å²) < 4.78 is 0. The second-order valence-corrected chi connectivity index (χ2v) is 5.04. The predicted molar refractivity (Wildman–Crippen MR) is 76.9 cm³/mol. The first kappa shape index (κ1) is 14.2. The lowest BCUT2D eigenvalue weighted by Gasteiger charge is -2.34. The number of benzene rings is 1. The van der Waals surface area contributed by atoms with Gasteiger partial charge in [-0.15, -0.1) is 0 Å². The van der Waals surface area contributed by atoms with Gasteiger partial charge in [0.1, 0.15) is 0 Å². The number of hydrogen-bond donors (Lipinski definition) is 3. The molecule has 6 heteroatoms. The fourth-order valence-corrected chi connectivity index (χ4v) is 2.53. The van der Waals surface area contributed by atoms with Crippen LogP contribution in [0.15, 0.2) is 18.2 Å². The standard InChI is InChI=1S/C14H19N3O3/c1-9(18)16-11-4-6-17(7-5-11)13-3-2-10(14(19)20)8-12(13)15/h2-3,8,11H,4-7,15H2,1H3,(H,16,18)(H,19,20). The van der Waals surface area contributed by atoms with Crippen LogP contribution in [0.5, 0.6) is 0 Å². The van der Waals surface area contributed by atoms with Crippen LogP contribution in [-0.2, 0) is 4.79 Å². The number of amides is 1. The summed E-state index contributed by atoms with van der Waals surface area (Å²) in [6.07, 6.45) is 1.72. The van der Waals surface area contributed by atoms with Gasteiger partial charge in [-0.3, -0.25) is 4.79 Å². The first-order valence-corrected chi connectivity index (χ1v) is 6.62. The highest BCUT2D eigenvalue weighted by molar-refractivity contribution is 5.90. The highest BCUT2D eigenvalue weighted by Gasteiger charge is 2.21. The number of carbonyl (C=O) groups is 2. The molecule has 0 atom stereocenters. The number of nitrogens with zero attached hydrogens (tertiary/aromatic N) is 1. The van der Waals surface area contributed by atoms with E-state index in [4.69, 9.17) is 10.8 Å². The van der Waals surface area contributed by atoms with Crippen LogP contribution in [0.4, 0.5) is 11.4 Å². The van der Waals surface area contributed by atoms with Crippen LogP contribution >= 0.6 is 0 Å². The lowest BCUT2D eigenvalue weighted by atomic mass is 10.0. The number of nitrogens with one attached hydrogen (secondary N) is 1. The molecule has 20 heavy (non-hydrogen) atoms. The third-order valence-electron chi connectivity index (χ3n) is 3.52. The Morgan fingerprint density at radius 3 is 2.50 bits per heavy atom. The van der Waals surface area contributed by atoms with E-state index >= 15 is 0 Å². The van der Waals surface area contributed by atoms with Crippen molar-refractivity contribution in [2.75, 3.05) is 23.7 Å². The molecule has 1 saturated heterocycles. The SMILES string of the molecule is CC(=O)NC1CCN(c2ccc(C(=O)O)cc2N)CC1. The summed E-state index contributed by atoms with van der Waals surface area (Å²) in [6, 6.07) is 5.01. The molecular weight excluding hydrogens is 258 g/mol. The first-order valence-electron chi connectivity index (χ1n) is 6.62. The zero-order chi connectivity index (χ0) is 14.7. The lowest BCUT2D eigenvalue weighted by Crippen LogP contribution is -2.44. The summed E-state index contributed by atoms with van der Waals surface area (Å²) in [5.41, 5.74) is 7.46. The molecule has 1 aliphatic rings. The minimum absolute atomic E-state index is 0.00576. The Hall–Kier alpha value is -2.24. The normalized spacial score (nSPS) is 15.9. The molecule has 1 amide bonds. The maximum atomic E-state index is 11.0. The molecule has 2 rings (SSSR count). The molecule has 1 heterocycles. The Balaban J connectivity index is 2.03. The van der Waals surface area contributed by atoms with Crippen molar-refractivity contribution in [3.63, 3.8) is 0 Å². The highest BCUT2D eigenvalue weighted by atomic mass is 16.4. The van der Waals surface area contributed by atoms with Gasteiger partial charge in [0.2, 0.25) is 5.91 Å². The van der Waals surface area contributed by atoms with Gasteiger partial charge in [-0.1, -0.05) is 0 Å². The molecule has 0 radical (unpaired) electrons. The summed E-state index contributed by atoms with van der Waals surface area (Å²) >= 11 is 0. The second-order valence-electron chi connectivity index (χ2n) is 5.04. The zero-order valence-corrected chi connectivity index (χ0v) is 11.4. The third kappa shape index (κ3) is 3.20. The minimum atomic E-state index is -0.979. The van der Waals surface area contributed by atoms with Crippen molar-refractivity contribution in [1.82, 2.24) is 5.32 Å². The van der Waals surface area contributed by atoms with E-state index in [1.54, 1.807) is 12.1 Å². The van der Waals surface area contributed by atoms with Crippen molar-refractivity contribution in [1.29, 1.82) is 0 Å². The Labute approximate surface area is 117 Å². The van der Waals surface area contributed by atoms with Crippen LogP contribution < -0.4 is 16.0 Å². The Kier molecular flexibility index (Phi) is 4.12. The smallest absolute Gasteiger partial charge is 0.335 e. The number of anilines is 2. The summed E-state index contributed by atoms with van der Waals surface area (Å²) in [6.45, 7) is 3.11. The molecule has 6 nitrogen and oxygen atoms in total. The molecule has 0 saturated carbocycles. The summed E-state index contributed by atoms with van der Waals surface area (Å²) in [7, 11) is 0. The average Bonchev–Trinajstić information content (AvgIpc) is 2.39. The molecular formula is C14H19N3O3. The Morgan fingerprint density at radius 1 is 1.35 bits per heavy atom. The van der Waals surface area contributed by atoms with Crippen molar-refractivity contribution in [3.8, 4) is 0 Å². The van der Waals surface area contributed by atoms with E-state index in [2.05, 4.69) is 10.2 Å². The van der Waals surface area contributed by atoms with Crippen LogP contribution in [-0.4, -0.2) is 36.1 Å². The number of hydrogen-bond acceptors (Lipinski definition) is 4. The number of rotatable bonds is 3. The maximum absolute atomic E-state index is 11.0. The Morgan fingerprint density at radius 2 is 2.00 bits per heavy atom. The number of nitrogen functional groups attached to an aromatic ring is 1. The van der Waals surface area contributed by atoms with E-state index in [0.29, 0.717) is 5.69 Å². The molecule has 0 aliphatic carbocycles. The van der Waals surface area contributed by atoms with Crippen molar-refractivity contribution in [2.45, 2.75) is 25.8 Å². The molecule has 1 aromatic carbocycles. The van der Waals surface area contributed by atoms with Gasteiger partial charge in [0.15, 0.2) is 0 Å². The monoisotopic (exact) mass is 277 g/mol. The van der Waals surface area contributed by atoms with E-state index in [9.17, 15) is 9.59 Å². The number of nitrogens with two attached hydrogens (primary N) is 1. The fraction of sp³-hybridized carbons (Fsp3) is 0.429. The fourth-order valence-electron chi connectivity index (χ4n) is 2.53. The highest BCUT2D eigenvalue weighted by Crippen LogP contribution is 2.27. The van der Waals surface area contributed by atoms with Gasteiger partial charge in [0.05, 0.1) is 16.9 Å². The summed E-state index contributed by atoms with van der Waals surface area (Å²) in [5.74, 6) is -0.985. The topological polar surface area (TPSA) is 95.7 Å². The molecule has 1 fully saturated rings. The molecule has 108 valence electrons. The van der Waals surface area contributed by atoms with Crippen molar-refractivity contribution in [2.24, 2.45) is 0 Å². The predicted octanol–water partition coefficient (Wildman–Crippen LogP) is 1.07. The van der Waals surface area contributed by atoms with Gasteiger partial charge in [0, 0.05) is 26.1 Å². The van der Waals surface area contributed by atoms with Gasteiger partial charge < -0.3 is 21.1 Å². The van der Waals surface area contributed by atoms with Crippen LogP contribution in [0.3, 0.4) is 0 Å². The number of aromatic carboxylic acids is 1. The van der Waals surface area contributed by atoms with E-state index in [-0.39, 0.29) is 17.5 Å². The molecule has 0 aromatic heterocycles. The molecule has 1 aromatic rings. The Bertz CT molecular complexity index is 522. The van der Waals surface area contributed by atoms with Gasteiger partial charge in [-0.2, -0.15) is 0 Å². The molecule has 0 bridgehead atoms. The summed E-state index contributed by atoms with van der Waals surface area (Å²) in [5, 5.41) is 11.8. The number of carbonyl (C=O) groups excluding carboxylic acids is 1. The van der Waals surface area contributed by atoms with E-state index in [1.165, 1.54) is 13.0 Å². The van der Waals surface area contributed by atoms with Gasteiger partial charge in [-0.25, -0.2) is 4.79 Å². The molecule has 0 unspecified atom stereocenters. The number of carboxylic acids is 1. The average molecular weight is 277 g/mol. The molecule has 1 aliphatic heterocycles. The first-order chi connectivity index (χ1) is 9.47. The molecule has 4 N–H and O–H groups in total. The van der Waals surface area contributed by atoms with Gasteiger partial charge in [0.25, 0.3) is 0 Å². The van der Waals surface area contributed by atoms with Gasteiger partial charge in [-0.05, 0) is 31.0 Å². The van der Waals surface area contributed by atoms with Crippen molar-refractivity contribution < 1.29 is 14.7 Å². The third-order valence-corrected chi connectivity index (χ3v) is 3.52.